The van der Waals surface area contributed by atoms with Crippen LogP contribution in [0.2, 0.25) is 0 Å². The van der Waals surface area contributed by atoms with Crippen LogP contribution in [0.3, 0.4) is 0 Å². The van der Waals surface area contributed by atoms with E-state index in [9.17, 15) is 23.9 Å². The molecule has 1 aliphatic heterocycles. The van der Waals surface area contributed by atoms with Gasteiger partial charge in [-0.3, -0.25) is 0 Å². The van der Waals surface area contributed by atoms with Crippen LogP contribution >= 0.6 is 0 Å². The molecule has 0 radical (unpaired) electrons. The van der Waals surface area contributed by atoms with Crippen molar-refractivity contribution in [2.45, 2.75) is 25.3 Å². The first-order chi connectivity index (χ1) is 12.0. The quantitative estimate of drug-likeness (QED) is 0.890. The molecule has 1 aromatic carbocycles. The third-order valence-electron chi connectivity index (χ3n) is 4.36. The second kappa shape index (κ2) is 6.89. The molecular weight excluding hydrogens is 330 g/mol. The zero-order chi connectivity index (χ0) is 18.0. The molecule has 0 aliphatic carbocycles. The summed E-state index contributed by atoms with van der Waals surface area (Å²) in [5, 5.41) is 21.8. The van der Waals surface area contributed by atoms with Gasteiger partial charge in [0.1, 0.15) is 11.9 Å². The molecule has 0 saturated carbocycles. The van der Waals surface area contributed by atoms with Gasteiger partial charge in [-0.2, -0.15) is 5.26 Å². The minimum absolute atomic E-state index is 0.191. The first-order valence-corrected chi connectivity index (χ1v) is 7.93. The van der Waals surface area contributed by atoms with Crippen LogP contribution in [0.4, 0.5) is 19.4 Å². The smallest absolute Gasteiger partial charge is 0.407 e. The van der Waals surface area contributed by atoms with Gasteiger partial charge < -0.3 is 15.3 Å². The lowest BCUT2D eigenvalue weighted by Gasteiger charge is -2.33. The number of likely N-dealkylation sites (tertiary alicyclic amines) is 1. The molecule has 1 fully saturated rings. The van der Waals surface area contributed by atoms with Crippen LogP contribution < -0.4 is 5.32 Å². The van der Waals surface area contributed by atoms with Crippen molar-refractivity contribution in [3.05, 3.63) is 35.4 Å². The highest BCUT2D eigenvalue weighted by Gasteiger charge is 2.26. The predicted molar refractivity (Wildman–Crippen MR) is 87.2 cm³/mol. The molecule has 1 saturated heterocycles. The lowest BCUT2D eigenvalue weighted by atomic mass is 10.0. The van der Waals surface area contributed by atoms with Gasteiger partial charge in [0.15, 0.2) is 11.6 Å². The van der Waals surface area contributed by atoms with Crippen molar-refractivity contribution in [3.63, 3.8) is 0 Å². The monoisotopic (exact) mass is 346 g/mol. The number of piperidine rings is 1. The number of rotatable bonds is 3. The van der Waals surface area contributed by atoms with Crippen molar-refractivity contribution in [1.29, 1.82) is 5.26 Å². The number of carboxylic acid groups (broad SMARTS) is 1. The Hall–Kier alpha value is -2.95. The number of hydrogen-bond acceptors (Lipinski definition) is 4. The summed E-state index contributed by atoms with van der Waals surface area (Å²) < 4.78 is 26.7. The molecule has 1 atom stereocenters. The van der Waals surface area contributed by atoms with Crippen LogP contribution in [0, 0.1) is 23.0 Å². The van der Waals surface area contributed by atoms with E-state index < -0.39 is 17.7 Å². The zero-order valence-corrected chi connectivity index (χ0v) is 13.3. The van der Waals surface area contributed by atoms with Gasteiger partial charge in [0, 0.05) is 24.5 Å². The fraction of sp³-hybridized carbons (Fsp3) is 0.353. The highest BCUT2D eigenvalue weighted by atomic mass is 19.2. The number of carbonyl (C=O) groups is 1. The molecule has 0 bridgehead atoms. The summed E-state index contributed by atoms with van der Waals surface area (Å²) >= 11 is 0. The Kier molecular flexibility index (Phi) is 4.65. The Bertz CT molecular complexity index is 866. The molecule has 8 heteroatoms. The second-order valence-electron chi connectivity index (χ2n) is 5.96. The van der Waals surface area contributed by atoms with Crippen LogP contribution in [0.25, 0.3) is 10.9 Å². The number of aromatic nitrogens is 1. The Morgan fingerprint density at radius 2 is 2.12 bits per heavy atom. The van der Waals surface area contributed by atoms with Gasteiger partial charge in [-0.1, -0.05) is 0 Å². The number of nitrogens with zero attached hydrogens (tertiary/aromatic N) is 3. The number of benzene rings is 1. The fourth-order valence-corrected chi connectivity index (χ4v) is 3.07. The summed E-state index contributed by atoms with van der Waals surface area (Å²) in [6.45, 7) is 0.769. The van der Waals surface area contributed by atoms with E-state index in [2.05, 4.69) is 10.3 Å². The van der Waals surface area contributed by atoms with Crippen molar-refractivity contribution < 1.29 is 18.7 Å². The van der Waals surface area contributed by atoms with E-state index in [1.807, 2.05) is 6.07 Å². The predicted octanol–water partition coefficient (Wildman–Crippen LogP) is 3.33. The molecule has 1 aliphatic rings. The highest BCUT2D eigenvalue weighted by Crippen LogP contribution is 2.24. The minimum Gasteiger partial charge on any atom is -0.465 e. The molecule has 2 heterocycles. The molecule has 2 N–H and O–H groups in total. The van der Waals surface area contributed by atoms with E-state index in [0.29, 0.717) is 24.9 Å². The lowest BCUT2D eigenvalue weighted by molar-refractivity contribution is 0.110. The van der Waals surface area contributed by atoms with E-state index >= 15 is 0 Å². The average Bonchev–Trinajstić information content (AvgIpc) is 2.60. The van der Waals surface area contributed by atoms with Crippen LogP contribution in [-0.4, -0.2) is 40.2 Å². The molecule has 2 aromatic rings. The Morgan fingerprint density at radius 1 is 1.36 bits per heavy atom. The van der Waals surface area contributed by atoms with E-state index in [1.54, 1.807) is 0 Å². The molecule has 1 amide bonds. The number of pyridine rings is 1. The number of fused-ring (bicyclic) bond motifs is 1. The molecule has 1 aromatic heterocycles. The number of nitrogens with one attached hydrogen (secondary N) is 1. The number of amides is 1. The van der Waals surface area contributed by atoms with Gasteiger partial charge in [0.2, 0.25) is 0 Å². The van der Waals surface area contributed by atoms with Crippen molar-refractivity contribution in [2.24, 2.45) is 0 Å². The van der Waals surface area contributed by atoms with Crippen molar-refractivity contribution >= 4 is 22.8 Å². The first-order valence-electron chi connectivity index (χ1n) is 7.93. The van der Waals surface area contributed by atoms with Crippen molar-refractivity contribution in [2.75, 3.05) is 18.4 Å². The molecule has 0 spiro atoms. The molecule has 6 nitrogen and oxygen atoms in total. The van der Waals surface area contributed by atoms with E-state index in [4.69, 9.17) is 0 Å². The summed E-state index contributed by atoms with van der Waals surface area (Å²) in [5.41, 5.74) is 0.412. The topological polar surface area (TPSA) is 89.3 Å². The molecular formula is C17H16F2N4O2. The summed E-state index contributed by atoms with van der Waals surface area (Å²) in [5.74, 6) is -1.78. The first kappa shape index (κ1) is 16.9. The van der Waals surface area contributed by atoms with Crippen LogP contribution in [0.15, 0.2) is 18.2 Å². The molecule has 25 heavy (non-hydrogen) atoms. The zero-order valence-electron chi connectivity index (χ0n) is 13.3. The number of nitriles is 1. The van der Waals surface area contributed by atoms with Gasteiger partial charge >= 0.3 is 6.09 Å². The summed E-state index contributed by atoms with van der Waals surface area (Å²) in [7, 11) is 0. The Balaban J connectivity index is 1.86. The molecule has 1 unspecified atom stereocenters. The van der Waals surface area contributed by atoms with Crippen LogP contribution in [0.5, 0.6) is 0 Å². The average molecular weight is 346 g/mol. The van der Waals surface area contributed by atoms with Gasteiger partial charge in [-0.25, -0.2) is 18.6 Å². The number of hydrogen-bond donors (Lipinski definition) is 2. The molecule has 3 rings (SSSR count). The highest BCUT2D eigenvalue weighted by molar-refractivity contribution is 5.83. The standard InChI is InChI=1S/C17H16F2N4O2/c18-13-6-10-5-11(8-20)16(22-15(10)7-14(13)19)21-9-12-3-1-2-4-23(12)17(24)25/h5-7,12H,1-4,9H2,(H,21,22)(H,24,25). The molecule has 130 valence electrons. The maximum absolute atomic E-state index is 13.4. The fourth-order valence-electron chi connectivity index (χ4n) is 3.07. The maximum atomic E-state index is 13.4. The Labute approximate surface area is 142 Å². The normalized spacial score (nSPS) is 17.3. The third kappa shape index (κ3) is 3.45. The van der Waals surface area contributed by atoms with Gasteiger partial charge in [-0.05, 0) is 31.4 Å². The van der Waals surface area contributed by atoms with Gasteiger partial charge in [0.05, 0.1) is 17.1 Å². The lowest BCUT2D eigenvalue weighted by Crippen LogP contribution is -2.46. The summed E-state index contributed by atoms with van der Waals surface area (Å²) in [6, 6.07) is 5.15. The summed E-state index contributed by atoms with van der Waals surface area (Å²) in [4.78, 5) is 16.9. The second-order valence-corrected chi connectivity index (χ2v) is 5.96. The Morgan fingerprint density at radius 3 is 2.84 bits per heavy atom. The van der Waals surface area contributed by atoms with Crippen molar-refractivity contribution in [1.82, 2.24) is 9.88 Å². The van der Waals surface area contributed by atoms with Crippen LogP contribution in [-0.2, 0) is 0 Å². The van der Waals surface area contributed by atoms with E-state index in [-0.39, 0.29) is 22.9 Å². The summed E-state index contributed by atoms with van der Waals surface area (Å²) in [6.07, 6.45) is 1.49. The van der Waals surface area contributed by atoms with Crippen LogP contribution in [0.1, 0.15) is 24.8 Å². The largest absolute Gasteiger partial charge is 0.465 e. The number of halogens is 2. The number of anilines is 1. The SMILES string of the molecule is N#Cc1cc2cc(F)c(F)cc2nc1NCC1CCCCN1C(=O)O. The third-order valence-corrected chi connectivity index (χ3v) is 4.36. The maximum Gasteiger partial charge on any atom is 0.407 e. The van der Waals surface area contributed by atoms with Gasteiger partial charge in [0.25, 0.3) is 0 Å². The minimum atomic E-state index is -1.01. The van der Waals surface area contributed by atoms with Crippen molar-refractivity contribution in [3.8, 4) is 6.07 Å². The van der Waals surface area contributed by atoms with E-state index in [1.165, 1.54) is 11.0 Å². The van der Waals surface area contributed by atoms with Gasteiger partial charge in [-0.15, -0.1) is 0 Å². The van der Waals surface area contributed by atoms with E-state index in [0.717, 1.165) is 25.0 Å².